The molecule has 1 aliphatic heterocycles. The molecule has 3 aromatic rings. The van der Waals surface area contributed by atoms with Gasteiger partial charge in [0.25, 0.3) is 0 Å². The summed E-state index contributed by atoms with van der Waals surface area (Å²) in [6.07, 6.45) is 1.75. The van der Waals surface area contributed by atoms with Crippen LogP contribution in [-0.4, -0.2) is 16.8 Å². The van der Waals surface area contributed by atoms with E-state index in [2.05, 4.69) is 59.6 Å². The van der Waals surface area contributed by atoms with Crippen LogP contribution in [-0.2, 0) is 6.54 Å². The standard InChI is InChI=1S/C22H24N4O2/c1-14(2)17-6-4-5-15(3)21(17)26-22-23-10-9-20(25-22)24-12-16-7-8-18-19(11-16)28-13-27-18/h4-11,14H,12-13H2,1-3H3,(H2,23,24,25,26). The predicted molar refractivity (Wildman–Crippen MR) is 110 cm³/mol. The molecule has 2 heterocycles. The fraction of sp³-hybridized carbons (Fsp3) is 0.273. The first-order chi connectivity index (χ1) is 13.6. The Hall–Kier alpha value is -3.28. The molecule has 1 aromatic heterocycles. The summed E-state index contributed by atoms with van der Waals surface area (Å²) in [5.74, 6) is 3.32. The second-order valence-electron chi connectivity index (χ2n) is 7.13. The minimum absolute atomic E-state index is 0.282. The number of para-hydroxylation sites is 1. The van der Waals surface area contributed by atoms with Gasteiger partial charge in [0.1, 0.15) is 5.82 Å². The van der Waals surface area contributed by atoms with Crippen molar-refractivity contribution in [2.24, 2.45) is 0 Å². The maximum absolute atomic E-state index is 5.43. The topological polar surface area (TPSA) is 68.3 Å². The number of ether oxygens (including phenoxy) is 2. The minimum atomic E-state index is 0.282. The van der Waals surface area contributed by atoms with Gasteiger partial charge in [-0.05, 0) is 47.7 Å². The van der Waals surface area contributed by atoms with Crippen molar-refractivity contribution >= 4 is 17.5 Å². The lowest BCUT2D eigenvalue weighted by molar-refractivity contribution is 0.174. The Labute approximate surface area is 164 Å². The molecule has 1 aliphatic rings. The van der Waals surface area contributed by atoms with E-state index in [0.717, 1.165) is 28.6 Å². The lowest BCUT2D eigenvalue weighted by Gasteiger charge is -2.16. The van der Waals surface area contributed by atoms with Gasteiger partial charge in [-0.3, -0.25) is 0 Å². The fourth-order valence-corrected chi connectivity index (χ4v) is 3.22. The van der Waals surface area contributed by atoms with Crippen LogP contribution in [0.25, 0.3) is 0 Å². The van der Waals surface area contributed by atoms with E-state index in [4.69, 9.17) is 9.47 Å². The van der Waals surface area contributed by atoms with E-state index in [0.29, 0.717) is 18.4 Å². The van der Waals surface area contributed by atoms with Crippen LogP contribution in [0.4, 0.5) is 17.5 Å². The molecule has 0 unspecified atom stereocenters. The molecule has 0 amide bonds. The van der Waals surface area contributed by atoms with Crippen molar-refractivity contribution in [3.8, 4) is 11.5 Å². The Kier molecular flexibility index (Phi) is 5.02. The summed E-state index contributed by atoms with van der Waals surface area (Å²) in [6, 6.07) is 14.1. The third-order valence-corrected chi connectivity index (χ3v) is 4.73. The monoisotopic (exact) mass is 376 g/mol. The summed E-state index contributed by atoms with van der Waals surface area (Å²) in [6.45, 7) is 7.38. The lowest BCUT2D eigenvalue weighted by atomic mass is 9.98. The number of fused-ring (bicyclic) bond motifs is 1. The van der Waals surface area contributed by atoms with E-state index in [9.17, 15) is 0 Å². The molecule has 144 valence electrons. The van der Waals surface area contributed by atoms with Crippen LogP contribution in [0.15, 0.2) is 48.7 Å². The second-order valence-corrected chi connectivity index (χ2v) is 7.13. The zero-order chi connectivity index (χ0) is 19.5. The molecule has 0 aliphatic carbocycles. The highest BCUT2D eigenvalue weighted by atomic mass is 16.7. The smallest absolute Gasteiger partial charge is 0.231 e. The maximum Gasteiger partial charge on any atom is 0.231 e. The van der Waals surface area contributed by atoms with E-state index in [1.807, 2.05) is 24.3 Å². The van der Waals surface area contributed by atoms with Crippen molar-refractivity contribution in [1.29, 1.82) is 0 Å². The Balaban J connectivity index is 1.48. The molecule has 0 radical (unpaired) electrons. The summed E-state index contributed by atoms with van der Waals surface area (Å²) in [5.41, 5.74) is 4.60. The van der Waals surface area contributed by atoms with Gasteiger partial charge in [-0.15, -0.1) is 0 Å². The van der Waals surface area contributed by atoms with Gasteiger partial charge in [0.05, 0.1) is 0 Å². The van der Waals surface area contributed by atoms with Gasteiger partial charge < -0.3 is 20.1 Å². The van der Waals surface area contributed by atoms with Crippen LogP contribution in [0.5, 0.6) is 11.5 Å². The zero-order valence-electron chi connectivity index (χ0n) is 16.3. The number of hydrogen-bond donors (Lipinski definition) is 2. The fourth-order valence-electron chi connectivity index (χ4n) is 3.22. The Morgan fingerprint density at radius 2 is 1.93 bits per heavy atom. The number of anilines is 3. The molecule has 2 aromatic carbocycles. The second kappa shape index (κ2) is 7.76. The van der Waals surface area contributed by atoms with E-state index >= 15 is 0 Å². The van der Waals surface area contributed by atoms with Crippen LogP contribution in [0.3, 0.4) is 0 Å². The molecule has 0 fully saturated rings. The highest BCUT2D eigenvalue weighted by molar-refractivity contribution is 5.64. The molecule has 6 heteroatoms. The molecule has 0 saturated carbocycles. The normalized spacial score (nSPS) is 12.3. The highest BCUT2D eigenvalue weighted by Crippen LogP contribution is 2.33. The van der Waals surface area contributed by atoms with Gasteiger partial charge in [-0.1, -0.05) is 38.1 Å². The quantitative estimate of drug-likeness (QED) is 0.631. The molecule has 6 nitrogen and oxygen atoms in total. The first-order valence-electron chi connectivity index (χ1n) is 9.42. The number of aromatic nitrogens is 2. The average Bonchev–Trinajstić information content (AvgIpc) is 3.16. The van der Waals surface area contributed by atoms with Crippen LogP contribution in [0.2, 0.25) is 0 Å². The highest BCUT2D eigenvalue weighted by Gasteiger charge is 2.13. The van der Waals surface area contributed by atoms with Crippen molar-refractivity contribution in [1.82, 2.24) is 9.97 Å². The number of hydrogen-bond acceptors (Lipinski definition) is 6. The summed E-state index contributed by atoms with van der Waals surface area (Å²) in [7, 11) is 0. The molecule has 0 saturated heterocycles. The summed E-state index contributed by atoms with van der Waals surface area (Å²) in [5, 5.41) is 6.74. The number of aryl methyl sites for hydroxylation is 1. The van der Waals surface area contributed by atoms with Crippen molar-refractivity contribution in [2.45, 2.75) is 33.2 Å². The number of rotatable bonds is 6. The van der Waals surface area contributed by atoms with Crippen LogP contribution < -0.4 is 20.1 Å². The van der Waals surface area contributed by atoms with Crippen molar-refractivity contribution in [3.63, 3.8) is 0 Å². The Morgan fingerprint density at radius 3 is 2.79 bits per heavy atom. The van der Waals surface area contributed by atoms with Crippen molar-refractivity contribution in [2.75, 3.05) is 17.4 Å². The number of nitrogens with one attached hydrogen (secondary N) is 2. The van der Waals surface area contributed by atoms with Crippen LogP contribution >= 0.6 is 0 Å². The van der Waals surface area contributed by atoms with Crippen LogP contribution in [0, 0.1) is 6.92 Å². The molecule has 0 bridgehead atoms. The van der Waals surface area contributed by atoms with Crippen molar-refractivity contribution < 1.29 is 9.47 Å². The van der Waals surface area contributed by atoms with E-state index < -0.39 is 0 Å². The Morgan fingerprint density at radius 1 is 1.07 bits per heavy atom. The number of benzene rings is 2. The zero-order valence-corrected chi connectivity index (χ0v) is 16.3. The molecule has 4 rings (SSSR count). The first kappa shape index (κ1) is 18.1. The van der Waals surface area contributed by atoms with Gasteiger partial charge in [0.15, 0.2) is 11.5 Å². The average molecular weight is 376 g/mol. The SMILES string of the molecule is Cc1cccc(C(C)C)c1Nc1nccc(NCc2ccc3c(c2)OCO3)n1. The Bertz CT molecular complexity index is 988. The van der Waals surface area contributed by atoms with E-state index in [1.54, 1.807) is 6.20 Å². The molecule has 28 heavy (non-hydrogen) atoms. The van der Waals surface area contributed by atoms with E-state index in [1.165, 1.54) is 11.1 Å². The third kappa shape index (κ3) is 3.86. The molecule has 0 atom stereocenters. The summed E-state index contributed by atoms with van der Waals surface area (Å²) in [4.78, 5) is 8.99. The largest absolute Gasteiger partial charge is 0.454 e. The van der Waals surface area contributed by atoms with Gasteiger partial charge >= 0.3 is 0 Å². The lowest BCUT2D eigenvalue weighted by Crippen LogP contribution is -2.06. The van der Waals surface area contributed by atoms with Crippen molar-refractivity contribution in [3.05, 3.63) is 65.4 Å². The third-order valence-electron chi connectivity index (χ3n) is 4.73. The van der Waals surface area contributed by atoms with Gasteiger partial charge in [0, 0.05) is 18.4 Å². The first-order valence-corrected chi connectivity index (χ1v) is 9.42. The maximum atomic E-state index is 5.43. The van der Waals surface area contributed by atoms with Crippen LogP contribution in [0.1, 0.15) is 36.5 Å². The minimum Gasteiger partial charge on any atom is -0.454 e. The van der Waals surface area contributed by atoms with Gasteiger partial charge in [0.2, 0.25) is 12.7 Å². The van der Waals surface area contributed by atoms with E-state index in [-0.39, 0.29) is 6.79 Å². The molecular weight excluding hydrogens is 352 g/mol. The number of nitrogens with zero attached hydrogens (tertiary/aromatic N) is 2. The van der Waals surface area contributed by atoms with Gasteiger partial charge in [-0.25, -0.2) is 4.98 Å². The predicted octanol–water partition coefficient (Wildman–Crippen LogP) is 4.99. The molecule has 0 spiro atoms. The summed E-state index contributed by atoms with van der Waals surface area (Å²) < 4.78 is 10.8. The summed E-state index contributed by atoms with van der Waals surface area (Å²) >= 11 is 0. The molecule has 2 N–H and O–H groups in total. The molecular formula is C22H24N4O2. The van der Waals surface area contributed by atoms with Gasteiger partial charge in [-0.2, -0.15) is 4.98 Å².